The predicted molar refractivity (Wildman–Crippen MR) is 84.8 cm³/mol. The Morgan fingerprint density at radius 3 is 2.62 bits per heavy atom. The normalized spacial score (nSPS) is 15.7. The summed E-state index contributed by atoms with van der Waals surface area (Å²) in [5, 5.41) is 0. The molecule has 3 nitrogen and oxygen atoms in total. The maximum absolute atomic E-state index is 13.4. The van der Waals surface area contributed by atoms with Gasteiger partial charge in [-0.2, -0.15) is 13.2 Å². The molecule has 0 fully saturated rings. The third-order valence-electron chi connectivity index (χ3n) is 4.23. The van der Waals surface area contributed by atoms with E-state index in [1.165, 1.54) is 17.0 Å². The van der Waals surface area contributed by atoms with Crippen LogP contribution in [0.3, 0.4) is 0 Å². The number of aryl methyl sites for hydroxylation is 1. The van der Waals surface area contributed by atoms with Crippen molar-refractivity contribution < 1.29 is 18.0 Å². The molecule has 2 heterocycles. The van der Waals surface area contributed by atoms with Gasteiger partial charge in [-0.15, -0.1) is 0 Å². The first-order valence-electron chi connectivity index (χ1n) is 7.83. The molecule has 0 radical (unpaired) electrons. The number of benzene rings is 1. The SMILES string of the molecule is O=C(CC(c1ccccc1)C(F)(F)F)N1CCCc2ncccc21. The van der Waals surface area contributed by atoms with Gasteiger partial charge < -0.3 is 4.90 Å². The van der Waals surface area contributed by atoms with Crippen molar-refractivity contribution in [2.24, 2.45) is 0 Å². The highest BCUT2D eigenvalue weighted by Gasteiger charge is 2.42. The summed E-state index contributed by atoms with van der Waals surface area (Å²) in [7, 11) is 0. The van der Waals surface area contributed by atoms with Crippen molar-refractivity contribution in [2.75, 3.05) is 11.4 Å². The largest absolute Gasteiger partial charge is 0.396 e. The first-order chi connectivity index (χ1) is 11.5. The van der Waals surface area contributed by atoms with Crippen molar-refractivity contribution in [1.82, 2.24) is 4.98 Å². The van der Waals surface area contributed by atoms with Crippen LogP contribution in [0, 0.1) is 0 Å². The highest BCUT2D eigenvalue weighted by molar-refractivity contribution is 5.94. The van der Waals surface area contributed by atoms with Crippen LogP contribution in [-0.2, 0) is 11.2 Å². The lowest BCUT2D eigenvalue weighted by Crippen LogP contribution is -2.38. The van der Waals surface area contributed by atoms with Crippen LogP contribution in [0.4, 0.5) is 18.9 Å². The van der Waals surface area contributed by atoms with Gasteiger partial charge in [0.2, 0.25) is 5.91 Å². The molecule has 1 aromatic carbocycles. The number of aromatic nitrogens is 1. The molecule has 1 aliphatic heterocycles. The zero-order valence-electron chi connectivity index (χ0n) is 13.0. The number of pyridine rings is 1. The van der Waals surface area contributed by atoms with E-state index in [1.54, 1.807) is 36.5 Å². The standard InChI is InChI=1S/C18H17F3N2O/c19-18(20,21)14(13-6-2-1-3-7-13)12-17(24)23-11-5-8-15-16(23)9-4-10-22-15/h1-4,6-7,9-10,14H,5,8,11-12H2. The lowest BCUT2D eigenvalue weighted by molar-refractivity contribution is -0.156. The molecule has 0 bridgehead atoms. The zero-order chi connectivity index (χ0) is 17.2. The van der Waals surface area contributed by atoms with Gasteiger partial charge in [0, 0.05) is 19.2 Å². The summed E-state index contributed by atoms with van der Waals surface area (Å²) in [6.45, 7) is 0.427. The van der Waals surface area contributed by atoms with Crippen molar-refractivity contribution in [2.45, 2.75) is 31.4 Å². The fraction of sp³-hybridized carbons (Fsp3) is 0.333. The van der Waals surface area contributed by atoms with E-state index in [2.05, 4.69) is 4.98 Å². The van der Waals surface area contributed by atoms with E-state index in [1.807, 2.05) is 0 Å². The minimum Gasteiger partial charge on any atom is -0.311 e. The monoisotopic (exact) mass is 334 g/mol. The van der Waals surface area contributed by atoms with E-state index in [0.717, 1.165) is 12.1 Å². The summed E-state index contributed by atoms with van der Waals surface area (Å²) >= 11 is 0. The number of amides is 1. The molecular weight excluding hydrogens is 317 g/mol. The Morgan fingerprint density at radius 2 is 1.92 bits per heavy atom. The summed E-state index contributed by atoms with van der Waals surface area (Å²) in [5.74, 6) is -2.32. The van der Waals surface area contributed by atoms with Crippen LogP contribution in [0.25, 0.3) is 0 Å². The van der Waals surface area contributed by atoms with Gasteiger partial charge in [-0.3, -0.25) is 9.78 Å². The van der Waals surface area contributed by atoms with Crippen molar-refractivity contribution in [3.63, 3.8) is 0 Å². The molecule has 1 aromatic heterocycles. The summed E-state index contributed by atoms with van der Waals surface area (Å²) in [5.41, 5.74) is 1.50. The molecule has 0 spiro atoms. The van der Waals surface area contributed by atoms with Gasteiger partial charge in [-0.05, 0) is 30.5 Å². The van der Waals surface area contributed by atoms with Gasteiger partial charge in [0.1, 0.15) is 0 Å². The molecule has 24 heavy (non-hydrogen) atoms. The van der Waals surface area contributed by atoms with Crippen LogP contribution in [0.2, 0.25) is 0 Å². The van der Waals surface area contributed by atoms with Gasteiger partial charge in [0.25, 0.3) is 0 Å². The number of hydrogen-bond donors (Lipinski definition) is 0. The molecular formula is C18H17F3N2O. The summed E-state index contributed by atoms with van der Waals surface area (Å²) in [4.78, 5) is 18.2. The molecule has 3 rings (SSSR count). The molecule has 0 saturated carbocycles. The smallest absolute Gasteiger partial charge is 0.311 e. The molecule has 0 saturated heterocycles. The fourth-order valence-corrected chi connectivity index (χ4v) is 3.04. The molecule has 2 aromatic rings. The maximum Gasteiger partial charge on any atom is 0.396 e. The van der Waals surface area contributed by atoms with Crippen molar-refractivity contribution in [1.29, 1.82) is 0 Å². The van der Waals surface area contributed by atoms with Gasteiger partial charge in [-0.25, -0.2) is 0 Å². The molecule has 0 aliphatic carbocycles. The van der Waals surface area contributed by atoms with Gasteiger partial charge in [0.15, 0.2) is 0 Å². The fourth-order valence-electron chi connectivity index (χ4n) is 3.04. The van der Waals surface area contributed by atoms with Crippen LogP contribution in [-0.4, -0.2) is 23.6 Å². The van der Waals surface area contributed by atoms with E-state index in [0.29, 0.717) is 18.7 Å². The minimum atomic E-state index is -4.47. The van der Waals surface area contributed by atoms with Crippen LogP contribution < -0.4 is 4.90 Å². The van der Waals surface area contributed by atoms with Gasteiger partial charge >= 0.3 is 6.18 Å². The molecule has 6 heteroatoms. The number of carbonyl (C=O) groups excluding carboxylic acids is 1. The lowest BCUT2D eigenvalue weighted by Gasteiger charge is -2.30. The van der Waals surface area contributed by atoms with Crippen LogP contribution in [0.15, 0.2) is 48.7 Å². The Labute approximate surface area is 138 Å². The Kier molecular flexibility index (Phi) is 4.55. The number of alkyl halides is 3. The molecule has 126 valence electrons. The van der Waals surface area contributed by atoms with Crippen LogP contribution >= 0.6 is 0 Å². The average Bonchev–Trinajstić information content (AvgIpc) is 2.58. The lowest BCUT2D eigenvalue weighted by atomic mass is 9.94. The number of hydrogen-bond acceptors (Lipinski definition) is 2. The number of halogens is 3. The second kappa shape index (κ2) is 6.63. The molecule has 1 amide bonds. The highest BCUT2D eigenvalue weighted by Crippen LogP contribution is 2.38. The van der Waals surface area contributed by atoms with Crippen LogP contribution in [0.5, 0.6) is 0 Å². The van der Waals surface area contributed by atoms with E-state index in [4.69, 9.17) is 0 Å². The topological polar surface area (TPSA) is 33.2 Å². The van der Waals surface area contributed by atoms with E-state index < -0.39 is 24.4 Å². The van der Waals surface area contributed by atoms with Gasteiger partial charge in [-0.1, -0.05) is 30.3 Å². The number of anilines is 1. The quantitative estimate of drug-likeness (QED) is 0.847. The predicted octanol–water partition coefficient (Wildman–Crippen LogP) is 4.10. The summed E-state index contributed by atoms with van der Waals surface area (Å²) < 4.78 is 40.3. The Bertz CT molecular complexity index is 716. The molecule has 1 unspecified atom stereocenters. The second-order valence-electron chi connectivity index (χ2n) is 5.83. The minimum absolute atomic E-state index is 0.113. The third kappa shape index (κ3) is 3.42. The molecule has 1 aliphatic rings. The van der Waals surface area contributed by atoms with Crippen molar-refractivity contribution in [3.05, 3.63) is 59.9 Å². The van der Waals surface area contributed by atoms with Crippen molar-refractivity contribution >= 4 is 11.6 Å². The first-order valence-corrected chi connectivity index (χ1v) is 7.83. The zero-order valence-corrected chi connectivity index (χ0v) is 13.0. The van der Waals surface area contributed by atoms with E-state index >= 15 is 0 Å². The Hall–Kier alpha value is -2.37. The number of nitrogens with zero attached hydrogens (tertiary/aromatic N) is 2. The number of carbonyl (C=O) groups is 1. The molecule has 0 N–H and O–H groups in total. The summed E-state index contributed by atoms with van der Waals surface area (Å²) in [6, 6.07) is 11.0. The molecule has 1 atom stereocenters. The Morgan fingerprint density at radius 1 is 1.17 bits per heavy atom. The highest BCUT2D eigenvalue weighted by atomic mass is 19.4. The van der Waals surface area contributed by atoms with Crippen LogP contribution in [0.1, 0.15) is 30.0 Å². The third-order valence-corrected chi connectivity index (χ3v) is 4.23. The van der Waals surface area contributed by atoms with Crippen molar-refractivity contribution in [3.8, 4) is 0 Å². The second-order valence-corrected chi connectivity index (χ2v) is 5.83. The summed E-state index contributed by atoms with van der Waals surface area (Å²) in [6.07, 6.45) is -1.99. The first kappa shape index (κ1) is 16.5. The average molecular weight is 334 g/mol. The van der Waals surface area contributed by atoms with Gasteiger partial charge in [0.05, 0.1) is 17.3 Å². The van der Waals surface area contributed by atoms with E-state index in [-0.39, 0.29) is 5.56 Å². The number of rotatable bonds is 3. The number of fused-ring (bicyclic) bond motifs is 1. The maximum atomic E-state index is 13.4. The van der Waals surface area contributed by atoms with E-state index in [9.17, 15) is 18.0 Å². The Balaban J connectivity index is 1.85.